The Kier molecular flexibility index (Phi) is 6.21. The van der Waals surface area contributed by atoms with Crippen LogP contribution in [0.1, 0.15) is 33.4 Å². The van der Waals surface area contributed by atoms with E-state index in [1.807, 2.05) is 16.3 Å². The molecule has 3 N–H and O–H groups in total. The van der Waals surface area contributed by atoms with Crippen molar-refractivity contribution in [3.8, 4) is 0 Å². The van der Waals surface area contributed by atoms with Crippen LogP contribution < -0.4 is 11.1 Å². The van der Waals surface area contributed by atoms with Crippen LogP contribution in [0.15, 0.2) is 41.8 Å². The second-order valence-electron chi connectivity index (χ2n) is 6.50. The Bertz CT molecular complexity index is 733. The maximum Gasteiger partial charge on any atom is 0.265 e. The summed E-state index contributed by atoms with van der Waals surface area (Å²) in [5, 5.41) is 4.70. The number of nitrogens with two attached hydrogens (primary N) is 1. The molecule has 2 heterocycles. The lowest BCUT2D eigenvalue weighted by molar-refractivity contribution is 0.0777. The van der Waals surface area contributed by atoms with Crippen molar-refractivity contribution in [2.75, 3.05) is 25.0 Å². The predicted molar refractivity (Wildman–Crippen MR) is 104 cm³/mol. The summed E-state index contributed by atoms with van der Waals surface area (Å²) >= 11 is 1.39. The second-order valence-corrected chi connectivity index (χ2v) is 7.45. The first-order valence-electron chi connectivity index (χ1n) is 7.95. The van der Waals surface area contributed by atoms with Gasteiger partial charge in [0, 0.05) is 24.3 Å². The van der Waals surface area contributed by atoms with Crippen LogP contribution in [0.2, 0.25) is 0 Å². The topological polar surface area (TPSA) is 75.4 Å². The van der Waals surface area contributed by atoms with Gasteiger partial charge in [0.1, 0.15) is 0 Å². The first-order valence-corrected chi connectivity index (χ1v) is 8.83. The summed E-state index contributed by atoms with van der Waals surface area (Å²) in [6, 6.07) is 10.6. The first-order chi connectivity index (χ1) is 11.5. The summed E-state index contributed by atoms with van der Waals surface area (Å²) in [5.41, 5.74) is 7.13. The van der Waals surface area contributed by atoms with E-state index in [1.165, 1.54) is 11.3 Å². The highest BCUT2D eigenvalue weighted by atomic mass is 35.5. The van der Waals surface area contributed by atoms with Crippen molar-refractivity contribution in [2.24, 2.45) is 11.1 Å². The van der Waals surface area contributed by atoms with Crippen LogP contribution in [-0.2, 0) is 0 Å². The summed E-state index contributed by atoms with van der Waals surface area (Å²) in [6.45, 7) is 4.14. The lowest BCUT2D eigenvalue weighted by Gasteiger charge is -2.22. The smallest absolute Gasteiger partial charge is 0.265 e. The van der Waals surface area contributed by atoms with E-state index < -0.39 is 0 Å². The number of nitrogens with zero attached hydrogens (tertiary/aromatic N) is 1. The van der Waals surface area contributed by atoms with Crippen molar-refractivity contribution in [1.29, 1.82) is 0 Å². The maximum atomic E-state index is 12.6. The molecule has 1 unspecified atom stereocenters. The standard InChI is InChI=1S/C18H21N3O2S.ClH/c1-18(11-19)8-9-21(12-18)17(23)13-4-6-14(7-5-13)20-16(22)15-3-2-10-24-15;/h2-7,10H,8-9,11-12,19H2,1H3,(H,20,22);1H. The fraction of sp³-hybridized carbons (Fsp3) is 0.333. The third-order valence-electron chi connectivity index (χ3n) is 4.47. The molecule has 1 saturated heterocycles. The zero-order valence-corrected chi connectivity index (χ0v) is 15.7. The number of rotatable bonds is 4. The quantitative estimate of drug-likeness (QED) is 0.856. The molecule has 0 bridgehead atoms. The fourth-order valence-corrected chi connectivity index (χ4v) is 3.46. The lowest BCUT2D eigenvalue weighted by Crippen LogP contribution is -2.34. The van der Waals surface area contributed by atoms with Crippen molar-refractivity contribution < 1.29 is 9.59 Å². The highest BCUT2D eigenvalue weighted by Gasteiger charge is 2.35. The Morgan fingerprint density at radius 2 is 2.00 bits per heavy atom. The molecule has 5 nitrogen and oxygen atoms in total. The number of hydrogen-bond donors (Lipinski definition) is 2. The molecule has 0 radical (unpaired) electrons. The number of thiophene rings is 1. The molecule has 0 aliphatic carbocycles. The Labute approximate surface area is 157 Å². The minimum absolute atomic E-state index is 0. The molecule has 134 valence electrons. The van der Waals surface area contributed by atoms with Gasteiger partial charge in [-0.05, 0) is 54.1 Å². The Morgan fingerprint density at radius 3 is 2.56 bits per heavy atom. The van der Waals surface area contributed by atoms with Gasteiger partial charge in [0.05, 0.1) is 4.88 Å². The highest BCUT2D eigenvalue weighted by molar-refractivity contribution is 7.12. The van der Waals surface area contributed by atoms with Crippen LogP contribution in [0.25, 0.3) is 0 Å². The number of likely N-dealkylation sites (tertiary alicyclic amines) is 1. The summed E-state index contributed by atoms with van der Waals surface area (Å²) in [7, 11) is 0. The number of anilines is 1. The van der Waals surface area contributed by atoms with Crippen molar-refractivity contribution in [3.05, 3.63) is 52.2 Å². The molecule has 1 aliphatic heterocycles. The van der Waals surface area contributed by atoms with E-state index >= 15 is 0 Å². The number of halogens is 1. The molecule has 1 fully saturated rings. The first kappa shape index (κ1) is 19.4. The van der Waals surface area contributed by atoms with Gasteiger partial charge >= 0.3 is 0 Å². The molecule has 0 saturated carbocycles. The van der Waals surface area contributed by atoms with Gasteiger partial charge in [0.25, 0.3) is 11.8 Å². The Balaban J connectivity index is 0.00000225. The van der Waals surface area contributed by atoms with E-state index in [1.54, 1.807) is 30.3 Å². The van der Waals surface area contributed by atoms with Gasteiger partial charge < -0.3 is 16.0 Å². The van der Waals surface area contributed by atoms with Gasteiger partial charge in [-0.15, -0.1) is 23.7 Å². The van der Waals surface area contributed by atoms with Gasteiger partial charge in [-0.25, -0.2) is 0 Å². The fourth-order valence-electron chi connectivity index (χ4n) is 2.84. The SMILES string of the molecule is CC1(CN)CCN(C(=O)c2ccc(NC(=O)c3cccs3)cc2)C1.Cl. The molecule has 2 amide bonds. The molecule has 1 atom stereocenters. The summed E-state index contributed by atoms with van der Waals surface area (Å²) in [4.78, 5) is 27.1. The van der Waals surface area contributed by atoms with Gasteiger partial charge in [0.15, 0.2) is 0 Å². The molecule has 1 aliphatic rings. The number of hydrogen-bond acceptors (Lipinski definition) is 4. The van der Waals surface area contributed by atoms with Crippen LogP contribution in [0.5, 0.6) is 0 Å². The van der Waals surface area contributed by atoms with Crippen molar-refractivity contribution in [3.63, 3.8) is 0 Å². The van der Waals surface area contributed by atoms with E-state index in [2.05, 4.69) is 12.2 Å². The highest BCUT2D eigenvalue weighted by Crippen LogP contribution is 2.29. The normalized spacial score (nSPS) is 19.4. The van der Waals surface area contributed by atoms with Gasteiger partial charge in [-0.3, -0.25) is 9.59 Å². The summed E-state index contributed by atoms with van der Waals surface area (Å²) < 4.78 is 0. The van der Waals surface area contributed by atoms with E-state index in [-0.39, 0.29) is 29.6 Å². The molecule has 2 aromatic rings. The summed E-state index contributed by atoms with van der Waals surface area (Å²) in [5.74, 6) is -0.120. The van der Waals surface area contributed by atoms with Crippen LogP contribution in [0.3, 0.4) is 0 Å². The summed E-state index contributed by atoms with van der Waals surface area (Å²) in [6.07, 6.45) is 0.935. The number of carbonyl (C=O) groups excluding carboxylic acids is 2. The molecular weight excluding hydrogens is 358 g/mol. The van der Waals surface area contributed by atoms with E-state index in [9.17, 15) is 9.59 Å². The molecular formula is C18H22ClN3O2S. The zero-order valence-electron chi connectivity index (χ0n) is 14.0. The van der Waals surface area contributed by atoms with Gasteiger partial charge in [0.2, 0.25) is 0 Å². The number of amides is 2. The average Bonchev–Trinajstić information content (AvgIpc) is 3.25. The third-order valence-corrected chi connectivity index (χ3v) is 5.34. The van der Waals surface area contributed by atoms with E-state index in [0.717, 1.165) is 13.0 Å². The Morgan fingerprint density at radius 1 is 1.28 bits per heavy atom. The molecule has 1 aromatic heterocycles. The van der Waals surface area contributed by atoms with Crippen LogP contribution in [0, 0.1) is 5.41 Å². The largest absolute Gasteiger partial charge is 0.338 e. The predicted octanol–water partition coefficient (Wildman–Crippen LogP) is 3.23. The van der Waals surface area contributed by atoms with Gasteiger partial charge in [-0.1, -0.05) is 13.0 Å². The van der Waals surface area contributed by atoms with E-state index in [4.69, 9.17) is 5.73 Å². The van der Waals surface area contributed by atoms with Crippen LogP contribution >= 0.6 is 23.7 Å². The third kappa shape index (κ3) is 4.39. The van der Waals surface area contributed by atoms with Crippen LogP contribution in [-0.4, -0.2) is 36.3 Å². The molecule has 1 aromatic carbocycles. The molecule has 7 heteroatoms. The zero-order chi connectivity index (χ0) is 17.2. The lowest BCUT2D eigenvalue weighted by atomic mass is 9.90. The maximum absolute atomic E-state index is 12.6. The van der Waals surface area contributed by atoms with E-state index in [0.29, 0.717) is 29.2 Å². The number of benzene rings is 1. The van der Waals surface area contributed by atoms with Crippen molar-refractivity contribution >= 4 is 41.2 Å². The minimum Gasteiger partial charge on any atom is -0.338 e. The Hall–Kier alpha value is -1.89. The van der Waals surface area contributed by atoms with Gasteiger partial charge in [-0.2, -0.15) is 0 Å². The average molecular weight is 380 g/mol. The molecule has 0 spiro atoms. The molecule has 3 rings (SSSR count). The van der Waals surface area contributed by atoms with Crippen molar-refractivity contribution in [2.45, 2.75) is 13.3 Å². The van der Waals surface area contributed by atoms with Crippen molar-refractivity contribution in [1.82, 2.24) is 4.90 Å². The molecule has 25 heavy (non-hydrogen) atoms. The number of carbonyl (C=O) groups is 2. The van der Waals surface area contributed by atoms with Crippen LogP contribution in [0.4, 0.5) is 5.69 Å². The number of nitrogens with one attached hydrogen (secondary N) is 1. The monoisotopic (exact) mass is 379 g/mol. The minimum atomic E-state index is -0.137. The second kappa shape index (κ2) is 7.99.